The van der Waals surface area contributed by atoms with Crippen molar-refractivity contribution in [2.45, 2.75) is 32.6 Å². The monoisotopic (exact) mass is 450 g/mol. The summed E-state index contributed by atoms with van der Waals surface area (Å²) in [6, 6.07) is 12.6. The van der Waals surface area contributed by atoms with E-state index in [9.17, 15) is 13.2 Å². The number of anilines is 1. The number of carboxylic acids is 1. The summed E-state index contributed by atoms with van der Waals surface area (Å²) in [5, 5.41) is 14.5. The first kappa shape index (κ1) is 21.5. The average molecular weight is 451 g/mol. The Hall–Kier alpha value is -3.72. The molecule has 9 heteroatoms. The van der Waals surface area contributed by atoms with Gasteiger partial charge in [-0.15, -0.1) is 0 Å². The first-order valence-electron chi connectivity index (χ1n) is 9.87. The van der Waals surface area contributed by atoms with Gasteiger partial charge >= 0.3 is 5.97 Å². The molecule has 2 heterocycles. The van der Waals surface area contributed by atoms with Crippen LogP contribution in [0.5, 0.6) is 0 Å². The normalized spacial score (nSPS) is 11.6. The molecule has 4 rings (SSSR count). The number of aryl methyl sites for hydroxylation is 4. The van der Waals surface area contributed by atoms with Crippen molar-refractivity contribution in [2.24, 2.45) is 0 Å². The van der Waals surface area contributed by atoms with E-state index >= 15 is 0 Å². The standard InChI is InChI=1S/C23H22N4O4S/c1-13-9-15(3)22-19(10-13)14(2)11-20(24-22)27-21(12-16(4)25-27)26-32(30,31)18-7-5-17(6-8-18)23(28)29/h5-12,26H,1-4H3,(H,28,29). The summed E-state index contributed by atoms with van der Waals surface area (Å²) in [7, 11) is -3.97. The number of nitrogens with zero attached hydrogens (tertiary/aromatic N) is 3. The van der Waals surface area contributed by atoms with Crippen molar-refractivity contribution >= 4 is 32.7 Å². The van der Waals surface area contributed by atoms with E-state index in [1.54, 1.807) is 13.0 Å². The van der Waals surface area contributed by atoms with E-state index < -0.39 is 16.0 Å². The number of aromatic nitrogens is 3. The highest BCUT2D eigenvalue weighted by molar-refractivity contribution is 7.92. The van der Waals surface area contributed by atoms with Crippen LogP contribution in [0.2, 0.25) is 0 Å². The van der Waals surface area contributed by atoms with Crippen LogP contribution in [0.1, 0.15) is 32.7 Å². The second kappa shape index (κ2) is 7.76. The summed E-state index contributed by atoms with van der Waals surface area (Å²) in [5.41, 5.74) is 4.62. The summed E-state index contributed by atoms with van der Waals surface area (Å²) >= 11 is 0. The number of carboxylic acid groups (broad SMARTS) is 1. The van der Waals surface area contributed by atoms with Crippen LogP contribution in [0.15, 0.2) is 53.4 Å². The predicted molar refractivity (Wildman–Crippen MR) is 122 cm³/mol. The Labute approximate surface area is 185 Å². The molecule has 2 N–H and O–H groups in total. The van der Waals surface area contributed by atoms with E-state index in [1.807, 2.05) is 26.8 Å². The Morgan fingerprint density at radius 3 is 2.31 bits per heavy atom. The van der Waals surface area contributed by atoms with Crippen molar-refractivity contribution in [2.75, 3.05) is 4.72 Å². The van der Waals surface area contributed by atoms with E-state index in [0.717, 1.165) is 27.6 Å². The Morgan fingerprint density at radius 1 is 0.969 bits per heavy atom. The lowest BCUT2D eigenvalue weighted by atomic mass is 10.0. The third kappa shape index (κ3) is 3.94. The second-order valence-electron chi connectivity index (χ2n) is 7.79. The molecule has 0 amide bonds. The number of sulfonamides is 1. The van der Waals surface area contributed by atoms with Gasteiger partial charge in [0, 0.05) is 11.5 Å². The molecule has 8 nitrogen and oxygen atoms in total. The predicted octanol–water partition coefficient (Wildman–Crippen LogP) is 4.15. The maximum Gasteiger partial charge on any atom is 0.335 e. The van der Waals surface area contributed by atoms with Crippen LogP contribution >= 0.6 is 0 Å². The van der Waals surface area contributed by atoms with Gasteiger partial charge in [0.2, 0.25) is 0 Å². The molecule has 0 saturated heterocycles. The van der Waals surface area contributed by atoms with Gasteiger partial charge in [0.1, 0.15) is 5.82 Å². The molecule has 164 valence electrons. The molecule has 0 aliphatic rings. The topological polar surface area (TPSA) is 114 Å². The van der Waals surface area contributed by atoms with Crippen molar-refractivity contribution in [1.82, 2.24) is 14.8 Å². The molecule has 2 aromatic carbocycles. The van der Waals surface area contributed by atoms with Gasteiger partial charge in [-0.05, 0) is 75.2 Å². The summed E-state index contributed by atoms with van der Waals surface area (Å²) in [6.45, 7) is 7.77. The molecule has 0 atom stereocenters. The summed E-state index contributed by atoms with van der Waals surface area (Å²) < 4.78 is 29.9. The van der Waals surface area contributed by atoms with Gasteiger partial charge in [0.05, 0.1) is 21.7 Å². The number of hydrogen-bond donors (Lipinski definition) is 2. The van der Waals surface area contributed by atoms with E-state index in [2.05, 4.69) is 22.0 Å². The van der Waals surface area contributed by atoms with E-state index in [-0.39, 0.29) is 16.3 Å². The number of fused-ring (bicyclic) bond motifs is 1. The minimum atomic E-state index is -3.97. The molecule has 0 radical (unpaired) electrons. The minimum absolute atomic E-state index is 0.00582. The summed E-state index contributed by atoms with van der Waals surface area (Å²) in [6.07, 6.45) is 0. The largest absolute Gasteiger partial charge is 0.478 e. The zero-order chi connectivity index (χ0) is 23.2. The highest BCUT2D eigenvalue weighted by Crippen LogP contribution is 2.26. The molecule has 4 aromatic rings. The minimum Gasteiger partial charge on any atom is -0.478 e. The van der Waals surface area contributed by atoms with Crippen molar-refractivity contribution in [1.29, 1.82) is 0 Å². The molecular formula is C23H22N4O4S. The van der Waals surface area contributed by atoms with Gasteiger partial charge in [-0.1, -0.05) is 11.6 Å². The molecule has 2 aromatic heterocycles. The molecule has 0 unspecified atom stereocenters. The van der Waals surface area contributed by atoms with E-state index in [4.69, 9.17) is 10.1 Å². The molecule has 32 heavy (non-hydrogen) atoms. The lowest BCUT2D eigenvalue weighted by Crippen LogP contribution is -2.16. The van der Waals surface area contributed by atoms with Crippen molar-refractivity contribution in [3.8, 4) is 5.82 Å². The summed E-state index contributed by atoms with van der Waals surface area (Å²) in [4.78, 5) is 15.7. The summed E-state index contributed by atoms with van der Waals surface area (Å²) in [5.74, 6) is -0.395. The average Bonchev–Trinajstić information content (AvgIpc) is 3.08. The van der Waals surface area contributed by atoms with Crippen LogP contribution in [0.3, 0.4) is 0 Å². The van der Waals surface area contributed by atoms with Crippen molar-refractivity contribution in [3.63, 3.8) is 0 Å². The van der Waals surface area contributed by atoms with Gasteiger partial charge in [-0.25, -0.2) is 18.2 Å². The van der Waals surface area contributed by atoms with Crippen LogP contribution in [-0.4, -0.2) is 34.3 Å². The molecule has 0 bridgehead atoms. The van der Waals surface area contributed by atoms with Crippen LogP contribution in [0.25, 0.3) is 16.7 Å². The lowest BCUT2D eigenvalue weighted by molar-refractivity contribution is 0.0696. The third-order valence-corrected chi connectivity index (χ3v) is 6.51. The van der Waals surface area contributed by atoms with Crippen LogP contribution < -0.4 is 4.72 Å². The second-order valence-corrected chi connectivity index (χ2v) is 9.48. The molecule has 0 fully saturated rings. The number of pyridine rings is 1. The van der Waals surface area contributed by atoms with Crippen LogP contribution in [0.4, 0.5) is 5.82 Å². The van der Waals surface area contributed by atoms with E-state index in [1.165, 1.54) is 28.9 Å². The van der Waals surface area contributed by atoms with Crippen LogP contribution in [-0.2, 0) is 10.0 Å². The van der Waals surface area contributed by atoms with Gasteiger partial charge in [0.15, 0.2) is 5.82 Å². The fourth-order valence-corrected chi connectivity index (χ4v) is 4.69. The molecule has 0 aliphatic carbocycles. The van der Waals surface area contributed by atoms with Crippen LogP contribution in [0, 0.1) is 27.7 Å². The fraction of sp³-hybridized carbons (Fsp3) is 0.174. The highest BCUT2D eigenvalue weighted by atomic mass is 32.2. The molecular weight excluding hydrogens is 428 g/mol. The lowest BCUT2D eigenvalue weighted by Gasteiger charge is -2.13. The van der Waals surface area contributed by atoms with Gasteiger partial charge in [0.25, 0.3) is 10.0 Å². The Kier molecular flexibility index (Phi) is 5.21. The van der Waals surface area contributed by atoms with Crippen molar-refractivity contribution in [3.05, 3.63) is 76.5 Å². The molecule has 0 saturated carbocycles. The molecule has 0 aliphatic heterocycles. The number of aromatic carboxylic acids is 1. The zero-order valence-corrected chi connectivity index (χ0v) is 18.9. The van der Waals surface area contributed by atoms with E-state index in [0.29, 0.717) is 11.5 Å². The first-order valence-corrected chi connectivity index (χ1v) is 11.4. The maximum absolute atomic E-state index is 12.9. The van der Waals surface area contributed by atoms with Gasteiger partial charge in [-0.3, -0.25) is 4.72 Å². The fourth-order valence-electron chi connectivity index (χ4n) is 3.66. The third-order valence-electron chi connectivity index (χ3n) is 5.14. The smallest absolute Gasteiger partial charge is 0.335 e. The number of hydrogen-bond acceptors (Lipinski definition) is 5. The highest BCUT2D eigenvalue weighted by Gasteiger charge is 2.20. The molecule has 0 spiro atoms. The first-order chi connectivity index (χ1) is 15.0. The van der Waals surface area contributed by atoms with Gasteiger partial charge < -0.3 is 5.11 Å². The zero-order valence-electron chi connectivity index (χ0n) is 18.0. The number of rotatable bonds is 5. The number of nitrogens with one attached hydrogen (secondary N) is 1. The quantitative estimate of drug-likeness (QED) is 0.472. The number of benzene rings is 2. The van der Waals surface area contributed by atoms with Crippen molar-refractivity contribution < 1.29 is 18.3 Å². The van der Waals surface area contributed by atoms with Gasteiger partial charge in [-0.2, -0.15) is 9.78 Å². The Balaban J connectivity index is 1.77. The Morgan fingerprint density at radius 2 is 1.66 bits per heavy atom. The maximum atomic E-state index is 12.9. The SMILES string of the molecule is Cc1cc(C)c2nc(-n3nc(C)cc3NS(=O)(=O)c3ccc(C(=O)O)cc3)cc(C)c2c1. The number of carbonyl (C=O) groups is 1. The Bertz CT molecular complexity index is 1470.